The van der Waals surface area contributed by atoms with E-state index in [1.807, 2.05) is 11.8 Å². The first-order chi connectivity index (χ1) is 11.9. The van der Waals surface area contributed by atoms with Crippen molar-refractivity contribution >= 4 is 17.4 Å². The summed E-state index contributed by atoms with van der Waals surface area (Å²) in [5.74, 6) is 0. The summed E-state index contributed by atoms with van der Waals surface area (Å²) in [6, 6.07) is 2.23. The van der Waals surface area contributed by atoms with Gasteiger partial charge in [0.1, 0.15) is 0 Å². The lowest BCUT2D eigenvalue weighted by Crippen LogP contribution is -2.03. The molecule has 25 heavy (non-hydrogen) atoms. The number of nitrogen functional groups attached to an aromatic ring is 1. The maximum absolute atomic E-state index is 6.43. The third-order valence-electron chi connectivity index (χ3n) is 4.76. The monoisotopic (exact) mass is 359 g/mol. The van der Waals surface area contributed by atoms with Gasteiger partial charge in [-0.15, -0.1) is 11.8 Å². The van der Waals surface area contributed by atoms with E-state index >= 15 is 0 Å². The molecule has 0 radical (unpaired) electrons. The summed E-state index contributed by atoms with van der Waals surface area (Å²) in [5, 5.41) is 0. The lowest BCUT2D eigenvalue weighted by atomic mass is 9.96. The number of hydrogen-bond acceptors (Lipinski definition) is 2. The fourth-order valence-electron chi connectivity index (χ4n) is 3.21. The van der Waals surface area contributed by atoms with Crippen molar-refractivity contribution in [1.29, 1.82) is 0 Å². The Bertz CT molecular complexity index is 607. The van der Waals surface area contributed by atoms with Crippen LogP contribution in [0.15, 0.2) is 34.3 Å². The number of hydrogen-bond donors (Lipinski definition) is 1. The summed E-state index contributed by atoms with van der Waals surface area (Å²) in [6.07, 6.45) is 15.0. The van der Waals surface area contributed by atoms with E-state index in [1.54, 1.807) is 0 Å². The highest BCUT2D eigenvalue weighted by atomic mass is 32.2. The predicted octanol–water partition coefficient (Wildman–Crippen LogP) is 7.27. The molecule has 1 aromatic rings. The van der Waals surface area contributed by atoms with Gasteiger partial charge in [0.25, 0.3) is 0 Å². The molecule has 0 aliphatic rings. The third-order valence-corrected chi connectivity index (χ3v) is 5.74. The smallest absolute Gasteiger partial charge is 0.0355 e. The van der Waals surface area contributed by atoms with Gasteiger partial charge < -0.3 is 5.73 Å². The first-order valence-electron chi connectivity index (χ1n) is 9.64. The van der Waals surface area contributed by atoms with E-state index in [9.17, 15) is 0 Å². The zero-order chi connectivity index (χ0) is 18.8. The number of rotatable bonds is 10. The van der Waals surface area contributed by atoms with E-state index < -0.39 is 0 Å². The van der Waals surface area contributed by atoms with Crippen molar-refractivity contribution in [3.05, 3.63) is 46.1 Å². The summed E-state index contributed by atoms with van der Waals surface area (Å²) >= 11 is 1.87. The van der Waals surface area contributed by atoms with E-state index in [-0.39, 0.29) is 0 Å². The van der Waals surface area contributed by atoms with Gasteiger partial charge >= 0.3 is 0 Å². The van der Waals surface area contributed by atoms with Gasteiger partial charge in [0.05, 0.1) is 0 Å². The minimum Gasteiger partial charge on any atom is -0.398 e. The molecular formula is C23H37NS. The maximum atomic E-state index is 6.43. The van der Waals surface area contributed by atoms with E-state index in [2.05, 4.69) is 59.1 Å². The second kappa shape index (κ2) is 11.5. The topological polar surface area (TPSA) is 26.0 Å². The molecule has 0 heterocycles. The Kier molecular flexibility index (Phi) is 10.0. The van der Waals surface area contributed by atoms with Crippen molar-refractivity contribution < 1.29 is 0 Å². The van der Waals surface area contributed by atoms with Crippen LogP contribution < -0.4 is 5.73 Å². The first kappa shape index (κ1) is 21.9. The Morgan fingerprint density at radius 3 is 2.48 bits per heavy atom. The van der Waals surface area contributed by atoms with Crippen molar-refractivity contribution in [3.63, 3.8) is 0 Å². The molecular weight excluding hydrogens is 322 g/mol. The van der Waals surface area contributed by atoms with Crippen molar-refractivity contribution in [2.24, 2.45) is 0 Å². The van der Waals surface area contributed by atoms with Gasteiger partial charge in [0.15, 0.2) is 0 Å². The molecule has 140 valence electrons. The van der Waals surface area contributed by atoms with Gasteiger partial charge in [-0.05, 0) is 88.8 Å². The molecule has 0 saturated heterocycles. The van der Waals surface area contributed by atoms with Crippen LogP contribution in [0, 0.1) is 6.92 Å². The summed E-state index contributed by atoms with van der Waals surface area (Å²) < 4.78 is 0. The fraction of sp³-hybridized carbons (Fsp3) is 0.565. The minimum absolute atomic E-state index is 0.946. The van der Waals surface area contributed by atoms with Gasteiger partial charge in [-0.1, -0.05) is 43.1 Å². The van der Waals surface area contributed by atoms with Crippen LogP contribution in [0.25, 0.3) is 0 Å². The minimum atomic E-state index is 0.946. The number of unbranched alkanes of at least 4 members (excludes halogenated alkanes) is 2. The second-order valence-corrected chi connectivity index (χ2v) is 8.11. The van der Waals surface area contributed by atoms with Crippen LogP contribution in [-0.2, 0) is 12.8 Å². The number of thioether (sulfide) groups is 1. The van der Waals surface area contributed by atoms with Gasteiger partial charge in [-0.25, -0.2) is 0 Å². The van der Waals surface area contributed by atoms with Crippen molar-refractivity contribution in [2.75, 3.05) is 12.0 Å². The molecule has 2 heteroatoms. The van der Waals surface area contributed by atoms with Crippen LogP contribution in [0.3, 0.4) is 0 Å². The molecule has 0 fully saturated rings. The normalized spacial score (nSPS) is 11.7. The zero-order valence-corrected chi connectivity index (χ0v) is 18.0. The molecule has 0 atom stereocenters. The van der Waals surface area contributed by atoms with Crippen LogP contribution >= 0.6 is 11.8 Å². The van der Waals surface area contributed by atoms with Crippen LogP contribution in [0.2, 0.25) is 0 Å². The van der Waals surface area contributed by atoms with E-state index in [1.165, 1.54) is 52.0 Å². The van der Waals surface area contributed by atoms with Crippen molar-refractivity contribution in [2.45, 2.75) is 84.5 Å². The number of aryl methyl sites for hydroxylation is 1. The van der Waals surface area contributed by atoms with Gasteiger partial charge in [-0.3, -0.25) is 0 Å². The highest BCUT2D eigenvalue weighted by Crippen LogP contribution is 2.33. The van der Waals surface area contributed by atoms with Crippen molar-refractivity contribution in [1.82, 2.24) is 0 Å². The highest BCUT2D eigenvalue weighted by Gasteiger charge is 2.12. The van der Waals surface area contributed by atoms with E-state index in [0.717, 1.165) is 31.4 Å². The first-order valence-corrected chi connectivity index (χ1v) is 10.9. The average molecular weight is 360 g/mol. The summed E-state index contributed by atoms with van der Waals surface area (Å²) in [4.78, 5) is 1.44. The Balaban J connectivity index is 2.91. The molecule has 1 rings (SSSR count). The van der Waals surface area contributed by atoms with E-state index in [4.69, 9.17) is 5.73 Å². The molecule has 1 aromatic carbocycles. The summed E-state index contributed by atoms with van der Waals surface area (Å²) in [7, 11) is 0. The van der Waals surface area contributed by atoms with Crippen LogP contribution in [0.1, 0.15) is 76.5 Å². The second-order valence-electron chi connectivity index (χ2n) is 7.29. The number of anilines is 1. The number of allylic oxidation sites excluding steroid dienone is 4. The Morgan fingerprint density at radius 1 is 1.16 bits per heavy atom. The van der Waals surface area contributed by atoms with Crippen LogP contribution in [-0.4, -0.2) is 6.26 Å². The lowest BCUT2D eigenvalue weighted by molar-refractivity contribution is 0.711. The quantitative estimate of drug-likeness (QED) is 0.206. The Morgan fingerprint density at radius 2 is 1.88 bits per heavy atom. The van der Waals surface area contributed by atoms with Gasteiger partial charge in [0.2, 0.25) is 0 Å². The lowest BCUT2D eigenvalue weighted by Gasteiger charge is -2.17. The standard InChI is InChI=1S/C23H37NS/c1-7-8-9-13-20-16-22(24)21(19(5)23(20)25-6)15-14-18(4)12-10-11-17(2)3/h11,14,16H,7-10,12-13,15,24H2,1-6H3/b18-14+. The van der Waals surface area contributed by atoms with Gasteiger partial charge in [0, 0.05) is 10.6 Å². The predicted molar refractivity (Wildman–Crippen MR) is 117 cm³/mol. The fourth-order valence-corrected chi connectivity index (χ4v) is 4.06. The molecule has 0 spiro atoms. The van der Waals surface area contributed by atoms with Crippen LogP contribution in [0.4, 0.5) is 5.69 Å². The SMILES string of the molecule is CCCCCc1cc(N)c(C/C=C(\C)CCC=C(C)C)c(C)c1SC. The summed E-state index contributed by atoms with van der Waals surface area (Å²) in [6.45, 7) is 11.1. The van der Waals surface area contributed by atoms with Crippen LogP contribution in [0.5, 0.6) is 0 Å². The molecule has 2 N–H and O–H groups in total. The largest absolute Gasteiger partial charge is 0.398 e. The Labute approximate surface area is 160 Å². The molecule has 1 nitrogen and oxygen atoms in total. The number of nitrogens with two attached hydrogens (primary N) is 1. The van der Waals surface area contributed by atoms with Crippen molar-refractivity contribution in [3.8, 4) is 0 Å². The highest BCUT2D eigenvalue weighted by molar-refractivity contribution is 7.98. The molecule has 0 aromatic heterocycles. The molecule has 0 aliphatic carbocycles. The molecule has 0 bridgehead atoms. The molecule has 0 unspecified atom stereocenters. The van der Waals surface area contributed by atoms with E-state index in [0.29, 0.717) is 0 Å². The molecule has 0 amide bonds. The average Bonchev–Trinajstić information content (AvgIpc) is 2.54. The maximum Gasteiger partial charge on any atom is 0.0355 e. The van der Waals surface area contributed by atoms with Gasteiger partial charge in [-0.2, -0.15) is 0 Å². The number of benzene rings is 1. The molecule has 0 saturated carbocycles. The molecule has 0 aliphatic heterocycles. The zero-order valence-electron chi connectivity index (χ0n) is 17.2. The third kappa shape index (κ3) is 7.32. The summed E-state index contributed by atoms with van der Waals surface area (Å²) in [5.41, 5.74) is 14.4. The Hall–Kier alpha value is -1.15.